The van der Waals surface area contributed by atoms with Crippen LogP contribution in [-0.2, 0) is 27.2 Å². The van der Waals surface area contributed by atoms with Crippen molar-refractivity contribution >= 4 is 28.5 Å². The first kappa shape index (κ1) is 29.2. The lowest BCUT2D eigenvalue weighted by atomic mass is 9.97. The third kappa shape index (κ3) is 6.01. The summed E-state index contributed by atoms with van der Waals surface area (Å²) in [5.74, 6) is -9.53. The van der Waals surface area contributed by atoms with E-state index in [1.807, 2.05) is 30.3 Å². The Morgan fingerprint density at radius 2 is 1.65 bits per heavy atom. The molecule has 1 aliphatic rings. The van der Waals surface area contributed by atoms with Crippen LogP contribution in [0.4, 0.5) is 22.0 Å². The molecule has 3 aromatic rings. The third-order valence-electron chi connectivity index (χ3n) is 7.17. The summed E-state index contributed by atoms with van der Waals surface area (Å²) in [6.07, 6.45) is -4.43. The van der Waals surface area contributed by atoms with Gasteiger partial charge in [-0.1, -0.05) is 48.5 Å². The van der Waals surface area contributed by atoms with Crippen molar-refractivity contribution in [1.29, 1.82) is 0 Å². The van der Waals surface area contributed by atoms with Crippen LogP contribution in [0.2, 0.25) is 0 Å². The normalized spacial score (nSPS) is 17.6. The number of likely N-dealkylation sites (tertiary alicyclic amines) is 1. The number of Topliss-reactive ketones (excluding diaryl/α,β-unsaturated/α-hetero) is 1. The molecule has 0 bridgehead atoms. The Hall–Kier alpha value is -3.80. The molecule has 0 spiro atoms. The number of halogens is 5. The molecule has 1 saturated heterocycles. The summed E-state index contributed by atoms with van der Waals surface area (Å²) in [5, 5.41) is 5.57. The van der Waals surface area contributed by atoms with Crippen LogP contribution >= 0.6 is 0 Å². The predicted molar refractivity (Wildman–Crippen MR) is 138 cm³/mol. The second-order valence-corrected chi connectivity index (χ2v) is 9.78. The molecular weight excluding hydrogens is 535 g/mol. The number of carbonyl (C=O) groups is 3. The molecule has 3 atom stereocenters. The van der Waals surface area contributed by atoms with Gasteiger partial charge in [-0.15, -0.1) is 0 Å². The monoisotopic (exact) mass is 564 g/mol. The third-order valence-corrected chi connectivity index (χ3v) is 7.17. The van der Waals surface area contributed by atoms with Crippen LogP contribution in [0.3, 0.4) is 0 Å². The number of likely N-dealkylation sites (N-methyl/N-ethyl adjacent to an activating group) is 1. The Kier molecular flexibility index (Phi) is 8.57. The Bertz CT molecular complexity index is 1360. The van der Waals surface area contributed by atoms with Gasteiger partial charge in [0.25, 0.3) is 0 Å². The van der Waals surface area contributed by atoms with Gasteiger partial charge in [0.05, 0.1) is 12.1 Å². The quantitative estimate of drug-likeness (QED) is 0.327. The first-order valence-electron chi connectivity index (χ1n) is 12.8. The highest BCUT2D eigenvalue weighted by molar-refractivity contribution is 5.97. The van der Waals surface area contributed by atoms with Crippen molar-refractivity contribution in [3.63, 3.8) is 0 Å². The molecule has 214 valence electrons. The lowest BCUT2D eigenvalue weighted by Crippen LogP contribution is -2.58. The number of amides is 2. The molecule has 0 saturated carbocycles. The van der Waals surface area contributed by atoms with Crippen molar-refractivity contribution in [1.82, 2.24) is 20.5 Å². The van der Waals surface area contributed by atoms with E-state index in [0.29, 0.717) is 23.7 Å². The summed E-state index contributed by atoms with van der Waals surface area (Å²) in [6.45, 7) is 0.198. The number of carbonyl (C=O) groups excluding carboxylic acids is 3. The van der Waals surface area contributed by atoms with Crippen LogP contribution in [0, 0.1) is 0 Å². The predicted octanol–water partition coefficient (Wildman–Crippen LogP) is 3.78. The van der Waals surface area contributed by atoms with Crippen molar-refractivity contribution in [3.05, 3.63) is 71.9 Å². The van der Waals surface area contributed by atoms with Crippen molar-refractivity contribution in [2.75, 3.05) is 13.6 Å². The van der Waals surface area contributed by atoms with Gasteiger partial charge in [-0.2, -0.15) is 22.0 Å². The molecule has 12 heteroatoms. The van der Waals surface area contributed by atoms with E-state index < -0.39 is 54.2 Å². The van der Waals surface area contributed by atoms with E-state index >= 15 is 0 Å². The number of ketones is 1. The fraction of sp³-hybridized carbons (Fsp3) is 0.393. The number of hydrogen-bond donors (Lipinski definition) is 3. The maximum Gasteiger partial charge on any atom is 0.461 e. The number of fused-ring (bicyclic) bond motifs is 1. The summed E-state index contributed by atoms with van der Waals surface area (Å²) in [7, 11) is 1.59. The maximum absolute atomic E-state index is 14.2. The first-order valence-corrected chi connectivity index (χ1v) is 12.8. The molecule has 1 fully saturated rings. The van der Waals surface area contributed by atoms with Gasteiger partial charge in [0, 0.05) is 30.1 Å². The molecule has 2 aromatic carbocycles. The molecule has 2 amide bonds. The molecule has 1 aliphatic heterocycles. The van der Waals surface area contributed by atoms with Gasteiger partial charge in [0.2, 0.25) is 17.6 Å². The summed E-state index contributed by atoms with van der Waals surface area (Å²) in [5.41, 5.74) is 1.74. The fourth-order valence-corrected chi connectivity index (χ4v) is 5.02. The van der Waals surface area contributed by atoms with E-state index in [9.17, 15) is 36.3 Å². The number of nitrogens with zero attached hydrogens (tertiary/aromatic N) is 1. The minimum atomic E-state index is -6.14. The average molecular weight is 565 g/mol. The molecule has 0 radical (unpaired) electrons. The minimum absolute atomic E-state index is 0.170. The first-order chi connectivity index (χ1) is 18.9. The van der Waals surface area contributed by atoms with E-state index in [1.165, 1.54) is 11.1 Å². The summed E-state index contributed by atoms with van der Waals surface area (Å²) in [4.78, 5) is 43.4. The van der Waals surface area contributed by atoms with Crippen molar-refractivity contribution in [3.8, 4) is 0 Å². The lowest BCUT2D eigenvalue weighted by molar-refractivity contribution is -0.269. The number of benzene rings is 2. The molecular formula is C28H29F5N4O3. The second-order valence-electron chi connectivity index (χ2n) is 9.78. The van der Waals surface area contributed by atoms with Gasteiger partial charge < -0.3 is 20.5 Å². The van der Waals surface area contributed by atoms with E-state index in [0.717, 1.165) is 5.56 Å². The number of H-pyrrole nitrogens is 1. The van der Waals surface area contributed by atoms with Gasteiger partial charge in [-0.3, -0.25) is 14.4 Å². The topological polar surface area (TPSA) is 94.3 Å². The summed E-state index contributed by atoms with van der Waals surface area (Å²) in [6, 6.07) is 11.8. The van der Waals surface area contributed by atoms with Crippen LogP contribution < -0.4 is 10.6 Å². The smallest absolute Gasteiger partial charge is 0.361 e. The number of rotatable bonds is 10. The molecule has 3 unspecified atom stereocenters. The van der Waals surface area contributed by atoms with Crippen LogP contribution in [-0.4, -0.2) is 71.3 Å². The zero-order valence-corrected chi connectivity index (χ0v) is 21.6. The Labute approximate surface area is 227 Å². The highest BCUT2D eigenvalue weighted by Gasteiger charge is 2.64. The maximum atomic E-state index is 14.2. The highest BCUT2D eigenvalue weighted by Crippen LogP contribution is 2.37. The van der Waals surface area contributed by atoms with E-state index in [2.05, 4.69) is 15.6 Å². The van der Waals surface area contributed by atoms with E-state index in [4.69, 9.17) is 0 Å². The Morgan fingerprint density at radius 1 is 0.975 bits per heavy atom. The highest BCUT2D eigenvalue weighted by atomic mass is 19.4. The van der Waals surface area contributed by atoms with Crippen molar-refractivity contribution < 1.29 is 36.3 Å². The van der Waals surface area contributed by atoms with Gasteiger partial charge >= 0.3 is 12.1 Å². The number of hydrogen-bond acceptors (Lipinski definition) is 4. The number of aromatic amines is 1. The molecule has 40 heavy (non-hydrogen) atoms. The average Bonchev–Trinajstić information content (AvgIpc) is 3.58. The molecule has 3 N–H and O–H groups in total. The van der Waals surface area contributed by atoms with Crippen LogP contribution in [0.1, 0.15) is 24.0 Å². The summed E-state index contributed by atoms with van der Waals surface area (Å²) >= 11 is 0. The largest absolute Gasteiger partial charge is 0.461 e. The fourth-order valence-electron chi connectivity index (χ4n) is 5.02. The van der Waals surface area contributed by atoms with Crippen LogP contribution in [0.5, 0.6) is 0 Å². The van der Waals surface area contributed by atoms with Crippen molar-refractivity contribution in [2.45, 2.75) is 55.9 Å². The van der Waals surface area contributed by atoms with Gasteiger partial charge in [0.15, 0.2) is 0 Å². The standard InChI is InChI=1S/C28H29F5N4O3/c1-34-22(14-17-8-3-2-4-9-17)26(40)37-13-7-12-23(37)25(39)36-21(24(38)27(29,30)28(31,32)33)15-18-16-35-20-11-6-5-10-19(18)20/h2-6,8-11,16,21-23,34-35H,7,12-15H2,1H3,(H,36,39). The number of nitrogens with one attached hydrogen (secondary N) is 3. The van der Waals surface area contributed by atoms with Gasteiger partial charge in [-0.25, -0.2) is 0 Å². The Morgan fingerprint density at radius 3 is 2.33 bits per heavy atom. The SMILES string of the molecule is CNC(Cc1ccccc1)C(=O)N1CCCC1C(=O)NC(Cc1c[nH]c2ccccc12)C(=O)C(F)(F)C(F)(F)F. The lowest BCUT2D eigenvalue weighted by Gasteiger charge is -2.30. The number of alkyl halides is 5. The van der Waals surface area contributed by atoms with Gasteiger partial charge in [-0.05, 0) is 43.5 Å². The minimum Gasteiger partial charge on any atom is -0.361 e. The molecule has 4 rings (SSSR count). The molecule has 0 aliphatic carbocycles. The van der Waals surface area contributed by atoms with Crippen molar-refractivity contribution in [2.24, 2.45) is 0 Å². The second kappa shape index (κ2) is 11.7. The zero-order valence-electron chi connectivity index (χ0n) is 21.6. The molecule has 1 aromatic heterocycles. The van der Waals surface area contributed by atoms with Crippen LogP contribution in [0.15, 0.2) is 60.8 Å². The molecule has 2 heterocycles. The summed E-state index contributed by atoms with van der Waals surface area (Å²) < 4.78 is 67.8. The van der Waals surface area contributed by atoms with Crippen LogP contribution in [0.25, 0.3) is 10.9 Å². The Balaban J connectivity index is 1.57. The van der Waals surface area contributed by atoms with Gasteiger partial charge in [0.1, 0.15) is 6.04 Å². The van der Waals surface area contributed by atoms with E-state index in [-0.39, 0.29) is 18.5 Å². The van der Waals surface area contributed by atoms with E-state index in [1.54, 1.807) is 31.3 Å². The number of para-hydroxylation sites is 1. The number of aromatic nitrogens is 1. The molecule has 7 nitrogen and oxygen atoms in total. The zero-order chi connectivity index (χ0) is 29.1.